The molecule has 0 aromatic heterocycles. The summed E-state index contributed by atoms with van der Waals surface area (Å²) in [6, 6.07) is 9.48. The summed E-state index contributed by atoms with van der Waals surface area (Å²) in [5.41, 5.74) is 3.25. The van der Waals surface area contributed by atoms with Crippen molar-refractivity contribution >= 4 is 40.9 Å². The molecule has 0 saturated carbocycles. The van der Waals surface area contributed by atoms with Crippen LogP contribution in [-0.4, -0.2) is 24.1 Å². The van der Waals surface area contributed by atoms with Gasteiger partial charge in [0.25, 0.3) is 17.5 Å². The Balaban J connectivity index is 0.00000210. The lowest BCUT2D eigenvalue weighted by molar-refractivity contribution is -0.379. The van der Waals surface area contributed by atoms with Crippen molar-refractivity contribution in [2.75, 3.05) is 11.8 Å². The first kappa shape index (κ1) is 18.4. The fraction of sp³-hybridized carbons (Fsp3) is 0.0588. The fourth-order valence-electron chi connectivity index (χ4n) is 2.68. The van der Waals surface area contributed by atoms with Gasteiger partial charge in [0.2, 0.25) is 6.79 Å². The molecule has 2 aromatic rings. The van der Waals surface area contributed by atoms with E-state index in [1.807, 2.05) is 0 Å². The van der Waals surface area contributed by atoms with Gasteiger partial charge in [-0.1, -0.05) is 17.7 Å². The van der Waals surface area contributed by atoms with Gasteiger partial charge in [-0.2, -0.15) is 0 Å². The van der Waals surface area contributed by atoms with Gasteiger partial charge in [-0.3, -0.25) is 15.0 Å². The minimum atomic E-state index is -0.593. The van der Waals surface area contributed by atoms with Crippen LogP contribution in [0.25, 0.3) is 6.08 Å². The van der Waals surface area contributed by atoms with E-state index in [2.05, 4.69) is 5.43 Å². The van der Waals surface area contributed by atoms with Crippen LogP contribution in [0.3, 0.4) is 0 Å². The van der Waals surface area contributed by atoms with Gasteiger partial charge in [-0.15, -0.1) is 0 Å². The summed E-state index contributed by atoms with van der Waals surface area (Å²) in [5, 5.41) is 3.30. The van der Waals surface area contributed by atoms with E-state index >= 15 is 0 Å². The highest BCUT2D eigenvalue weighted by atomic mass is 35.5. The van der Waals surface area contributed by atoms with Gasteiger partial charge in [-0.05, 0) is 30.3 Å². The maximum Gasteiger partial charge on any atom is 0.282 e. The zero-order valence-corrected chi connectivity index (χ0v) is 14.3. The van der Waals surface area contributed by atoms with Gasteiger partial charge in [-0.25, -0.2) is 5.01 Å². The molecule has 0 unspecified atom stereocenters. The van der Waals surface area contributed by atoms with E-state index in [-0.39, 0.29) is 23.5 Å². The van der Waals surface area contributed by atoms with Gasteiger partial charge in [0.05, 0.1) is 17.3 Å². The average molecular weight is 390 g/mol. The van der Waals surface area contributed by atoms with Crippen molar-refractivity contribution < 1.29 is 29.7 Å². The lowest BCUT2D eigenvalue weighted by Crippen LogP contribution is -2.56. The van der Waals surface area contributed by atoms with Crippen LogP contribution in [0.1, 0.15) is 5.56 Å². The third-order valence-corrected chi connectivity index (χ3v) is 4.15. The number of carbonyl (C=O) groups excluding carboxylic acids is 2. The van der Waals surface area contributed by atoms with Crippen LogP contribution in [0.4, 0.5) is 11.4 Å². The van der Waals surface area contributed by atoms with E-state index in [0.717, 1.165) is 5.01 Å². The minimum Gasteiger partial charge on any atom is -0.870 e. The Morgan fingerprint density at radius 2 is 1.89 bits per heavy atom. The average Bonchev–Trinajstić information content (AvgIpc) is 3.20. The molecule has 138 valence electrons. The van der Waals surface area contributed by atoms with Crippen molar-refractivity contribution in [2.24, 2.45) is 0 Å². The largest absolute Gasteiger partial charge is 0.870 e. The Hall–Kier alpha value is -3.43. The molecule has 3 N–H and O–H groups in total. The Bertz CT molecular complexity index is 991. The summed E-state index contributed by atoms with van der Waals surface area (Å²) < 4.78 is 10.5. The van der Waals surface area contributed by atoms with E-state index in [4.69, 9.17) is 21.1 Å². The Labute approximate surface area is 157 Å². The second kappa shape index (κ2) is 7.06. The van der Waals surface area contributed by atoms with Crippen LogP contribution in [0.5, 0.6) is 11.5 Å². The molecule has 2 aromatic carbocycles. The highest BCUT2D eigenvalue weighted by molar-refractivity contribution is 6.33. The second-order valence-corrected chi connectivity index (χ2v) is 5.95. The smallest absolute Gasteiger partial charge is 0.282 e. The number of anilines is 1. The summed E-state index contributed by atoms with van der Waals surface area (Å²) >= 11 is 5.93. The van der Waals surface area contributed by atoms with Crippen LogP contribution in [-0.2, 0) is 9.59 Å². The monoisotopic (exact) mass is 389 g/mol. The first-order valence-corrected chi connectivity index (χ1v) is 7.89. The van der Waals surface area contributed by atoms with E-state index in [9.17, 15) is 14.5 Å². The molecule has 1 saturated heterocycles. The summed E-state index contributed by atoms with van der Waals surface area (Å²) in [6.45, 7) is 0.0373. The number of ether oxygens (including phenoxy) is 2. The van der Waals surface area contributed by atoms with E-state index < -0.39 is 11.8 Å². The molecule has 2 amide bonds. The van der Waals surface area contributed by atoms with Crippen molar-refractivity contribution in [1.82, 2.24) is 5.43 Å². The molecule has 10 heteroatoms. The number of amides is 2. The summed E-state index contributed by atoms with van der Waals surface area (Å²) in [7, 11) is 0. The molecule has 2 aliphatic heterocycles. The van der Waals surface area contributed by atoms with Gasteiger partial charge >= 0.3 is 0 Å². The molecule has 2 aliphatic rings. The normalized spacial score (nSPS) is 16.3. The first-order valence-electron chi connectivity index (χ1n) is 7.51. The number of rotatable bonds is 3. The van der Waals surface area contributed by atoms with Gasteiger partial charge in [0, 0.05) is 15.1 Å². The van der Waals surface area contributed by atoms with E-state index in [0.29, 0.717) is 27.8 Å². The van der Waals surface area contributed by atoms with Crippen LogP contribution >= 0.6 is 11.6 Å². The van der Waals surface area contributed by atoms with Crippen molar-refractivity contribution in [3.63, 3.8) is 0 Å². The molecular weight excluding hydrogens is 378 g/mol. The maximum atomic E-state index is 12.6. The second-order valence-electron chi connectivity index (χ2n) is 5.51. The molecule has 0 spiro atoms. The molecule has 0 bridgehead atoms. The molecule has 1 fully saturated rings. The van der Waals surface area contributed by atoms with E-state index in [1.54, 1.807) is 29.4 Å². The number of carbonyl (C=O) groups is 2. The van der Waals surface area contributed by atoms with Crippen LogP contribution in [0, 0.1) is 4.91 Å². The quantitative estimate of drug-likeness (QED) is 0.591. The minimum absolute atomic E-state index is 0. The van der Waals surface area contributed by atoms with Crippen molar-refractivity contribution in [1.29, 1.82) is 0 Å². The topological polar surface area (TPSA) is 129 Å². The lowest BCUT2D eigenvalue weighted by atomic mass is 10.1. The van der Waals surface area contributed by atoms with Gasteiger partial charge < -0.3 is 14.9 Å². The Kier molecular flexibility index (Phi) is 4.80. The molecule has 0 atom stereocenters. The van der Waals surface area contributed by atoms with Gasteiger partial charge in [0.1, 0.15) is 5.57 Å². The number of nitroso groups, excluding NO2 is 1. The summed E-state index contributed by atoms with van der Waals surface area (Å²) in [6.07, 6.45) is 1.32. The third kappa shape index (κ3) is 3.21. The third-order valence-electron chi connectivity index (χ3n) is 3.91. The molecule has 0 radical (unpaired) electrons. The highest BCUT2D eigenvalue weighted by Crippen LogP contribution is 2.36. The molecule has 27 heavy (non-hydrogen) atoms. The highest BCUT2D eigenvalue weighted by Gasteiger charge is 2.35. The van der Waals surface area contributed by atoms with Crippen LogP contribution in [0.15, 0.2) is 42.0 Å². The Morgan fingerprint density at radius 3 is 2.59 bits per heavy atom. The number of hydrogen-bond donors (Lipinski definition) is 2. The van der Waals surface area contributed by atoms with E-state index in [1.165, 1.54) is 18.2 Å². The Morgan fingerprint density at radius 1 is 1.15 bits per heavy atom. The molecule has 0 aliphatic carbocycles. The molecule has 4 rings (SSSR count). The predicted molar refractivity (Wildman–Crippen MR) is 93.5 cm³/mol. The maximum absolute atomic E-state index is 12.6. The number of nitrogens with one attached hydrogen (secondary N) is 2. The standard InChI is InChI=1S/C17H10ClN3O5.H2O/c18-10-2-1-3-11(6-10)21-17(23)12(16(22)19-21)4-9-5-14-15(26-8-25-14)7-13(9)20-24;/h1-7H,8H2,(H,19,22);1H2/b12-4+;. The van der Waals surface area contributed by atoms with Crippen molar-refractivity contribution in [3.05, 3.63) is 57.5 Å². The SMILES string of the molecule is O=[NH+]c1cc2c(cc1/C=C1\C(=O)NN(c3cccc(Cl)c3)C1=O)OCO2.[OH-]. The number of hydrogen-bond acceptors (Lipinski definition) is 6. The van der Waals surface area contributed by atoms with Crippen LogP contribution in [0.2, 0.25) is 5.02 Å². The number of hydrazine groups is 1. The summed E-state index contributed by atoms with van der Waals surface area (Å²) in [4.78, 5) is 36.1. The lowest BCUT2D eigenvalue weighted by Gasteiger charge is -2.14. The zero-order valence-electron chi connectivity index (χ0n) is 13.6. The van der Waals surface area contributed by atoms with Crippen molar-refractivity contribution in [2.45, 2.75) is 0 Å². The molecule has 9 nitrogen and oxygen atoms in total. The molecule has 2 heterocycles. The number of halogens is 1. The number of fused-ring (bicyclic) bond motifs is 1. The molecular formula is C17H12ClN3O6. The zero-order chi connectivity index (χ0) is 18.3. The summed E-state index contributed by atoms with van der Waals surface area (Å²) in [5.74, 6) is -0.321. The number of benzene rings is 2. The van der Waals surface area contributed by atoms with Gasteiger partial charge in [0.15, 0.2) is 11.5 Å². The van der Waals surface area contributed by atoms with Crippen LogP contribution < -0.4 is 25.1 Å². The first-order chi connectivity index (χ1) is 12.6. The van der Waals surface area contributed by atoms with Crippen molar-refractivity contribution in [3.8, 4) is 11.5 Å². The fourth-order valence-corrected chi connectivity index (χ4v) is 2.86. The predicted octanol–water partition coefficient (Wildman–Crippen LogP) is 0.832. The number of nitrogens with zero attached hydrogens (tertiary/aromatic N) is 1.